The maximum absolute atomic E-state index is 11.2. The molecule has 2 aromatic rings. The molecule has 2 rings (SSSR count). The molecule has 14 heavy (non-hydrogen) atoms. The molecular weight excluding hydrogens is 182 g/mol. The summed E-state index contributed by atoms with van der Waals surface area (Å²) in [6, 6.07) is 3.50. The van der Waals surface area contributed by atoms with E-state index in [1.165, 1.54) is 12.4 Å². The van der Waals surface area contributed by atoms with Crippen molar-refractivity contribution in [2.45, 2.75) is 0 Å². The van der Waals surface area contributed by atoms with Gasteiger partial charge in [-0.15, -0.1) is 0 Å². The van der Waals surface area contributed by atoms with Gasteiger partial charge in [0.05, 0.1) is 0 Å². The molecule has 71 valence electrons. The van der Waals surface area contributed by atoms with Gasteiger partial charge in [-0.3, -0.25) is 0 Å². The molecule has 0 aliphatic heterocycles. The molecule has 0 aliphatic carbocycles. The second-order valence-electron chi connectivity index (χ2n) is 3.03. The van der Waals surface area contributed by atoms with Crippen LogP contribution in [0.1, 0.15) is 0 Å². The number of nitrogens with zero attached hydrogens (tertiary/aromatic N) is 3. The Labute approximate surface area is 80.6 Å². The lowest BCUT2D eigenvalue weighted by atomic mass is 10.3. The summed E-state index contributed by atoms with van der Waals surface area (Å²) < 4.78 is 2.90. The molecule has 2 heterocycles. The highest BCUT2D eigenvalue weighted by Crippen LogP contribution is 2.11. The quantitative estimate of drug-likeness (QED) is 0.455. The maximum atomic E-state index is 11.2. The summed E-state index contributed by atoms with van der Waals surface area (Å²) in [6.07, 6.45) is 5.93. The summed E-state index contributed by atoms with van der Waals surface area (Å²) in [6.45, 7) is 0. The van der Waals surface area contributed by atoms with Crippen LogP contribution in [0.5, 0.6) is 0 Å². The summed E-state index contributed by atoms with van der Waals surface area (Å²) in [4.78, 5) is 0. The van der Waals surface area contributed by atoms with Crippen molar-refractivity contribution in [2.75, 3.05) is 0 Å². The third-order valence-electron chi connectivity index (χ3n) is 1.95. The van der Waals surface area contributed by atoms with Gasteiger partial charge in [0.15, 0.2) is 18.6 Å². The molecule has 0 N–H and O–H groups in total. The highest BCUT2D eigenvalue weighted by molar-refractivity contribution is 5.48. The Balaban J connectivity index is 2.59. The van der Waals surface area contributed by atoms with Crippen LogP contribution >= 0.6 is 0 Å². The zero-order chi connectivity index (χ0) is 10.1. The predicted octanol–water partition coefficient (Wildman–Crippen LogP) is -0.193. The van der Waals surface area contributed by atoms with Crippen molar-refractivity contribution in [2.24, 2.45) is 7.05 Å². The molecule has 0 fully saturated rings. The molecule has 0 aliphatic rings. The van der Waals surface area contributed by atoms with Gasteiger partial charge in [0, 0.05) is 10.8 Å². The van der Waals surface area contributed by atoms with E-state index in [1.807, 2.05) is 13.2 Å². The largest absolute Gasteiger partial charge is 0.710 e. The summed E-state index contributed by atoms with van der Waals surface area (Å²) in [5.41, 5.74) is 0.602. The van der Waals surface area contributed by atoms with Crippen LogP contribution in [0.25, 0.3) is 11.4 Å². The molecule has 0 saturated carbocycles. The average molecular weight is 191 g/mol. The van der Waals surface area contributed by atoms with E-state index in [0.717, 1.165) is 0 Å². The van der Waals surface area contributed by atoms with Crippen LogP contribution in [0.3, 0.4) is 0 Å². The van der Waals surface area contributed by atoms with Crippen LogP contribution in [0, 0.1) is 5.21 Å². The Morgan fingerprint density at radius 3 is 2.79 bits per heavy atom. The highest BCUT2D eigenvalue weighted by atomic mass is 16.5. The smallest absolute Gasteiger partial charge is 0.342 e. The van der Waals surface area contributed by atoms with E-state index in [9.17, 15) is 10.4 Å². The highest BCUT2D eigenvalue weighted by Gasteiger charge is 2.19. The average Bonchev–Trinajstić information content (AvgIpc) is 2.46. The van der Waals surface area contributed by atoms with Crippen LogP contribution in [0.15, 0.2) is 36.9 Å². The fourth-order valence-electron chi connectivity index (χ4n) is 1.33. The summed E-state index contributed by atoms with van der Waals surface area (Å²) >= 11 is 0. The van der Waals surface area contributed by atoms with Gasteiger partial charge in [-0.05, 0) is 6.07 Å². The second kappa shape index (κ2) is 3.02. The van der Waals surface area contributed by atoms with E-state index in [2.05, 4.69) is 0 Å². The zero-order valence-corrected chi connectivity index (χ0v) is 7.62. The number of imidazole rings is 1. The van der Waals surface area contributed by atoms with Crippen molar-refractivity contribution in [3.05, 3.63) is 42.1 Å². The Bertz CT molecular complexity index is 445. The fraction of sp³-hybridized carbons (Fsp3) is 0.111. The van der Waals surface area contributed by atoms with E-state index < -0.39 is 0 Å². The molecule has 0 saturated heterocycles. The van der Waals surface area contributed by atoms with Crippen molar-refractivity contribution in [1.82, 2.24) is 4.73 Å². The van der Waals surface area contributed by atoms with Gasteiger partial charge in [0.25, 0.3) is 0 Å². The minimum absolute atomic E-state index is 0.0983. The monoisotopic (exact) mass is 191 g/mol. The van der Waals surface area contributed by atoms with Gasteiger partial charge in [-0.2, -0.15) is 0 Å². The lowest BCUT2D eigenvalue weighted by Gasteiger charge is -1.99. The van der Waals surface area contributed by atoms with E-state index >= 15 is 0 Å². The van der Waals surface area contributed by atoms with Gasteiger partial charge < -0.3 is 5.21 Å². The van der Waals surface area contributed by atoms with Gasteiger partial charge in [0.2, 0.25) is 0 Å². The lowest BCUT2D eigenvalue weighted by molar-refractivity contribution is -0.671. The Morgan fingerprint density at radius 2 is 2.21 bits per heavy atom. The van der Waals surface area contributed by atoms with Gasteiger partial charge in [0.1, 0.15) is 18.8 Å². The van der Waals surface area contributed by atoms with Crippen LogP contribution < -0.4 is 9.30 Å². The van der Waals surface area contributed by atoms with Crippen molar-refractivity contribution in [3.8, 4) is 11.4 Å². The lowest BCUT2D eigenvalue weighted by Crippen LogP contribution is -2.30. The van der Waals surface area contributed by atoms with Gasteiger partial charge >= 0.3 is 5.82 Å². The molecule has 1 radical (unpaired) electrons. The molecular formula is C9H9N3O2+. The Hall–Kier alpha value is -2.04. The van der Waals surface area contributed by atoms with Crippen molar-refractivity contribution < 1.29 is 14.5 Å². The molecule has 0 bridgehead atoms. The summed E-state index contributed by atoms with van der Waals surface area (Å²) in [5.74, 6) is 0.0983. The van der Waals surface area contributed by atoms with E-state index in [1.54, 1.807) is 22.9 Å². The molecule has 0 spiro atoms. The maximum Gasteiger partial charge on any atom is 0.342 e. The molecule has 5 heteroatoms. The normalized spacial score (nSPS) is 10.4. The minimum Gasteiger partial charge on any atom is -0.710 e. The molecule has 0 amide bonds. The van der Waals surface area contributed by atoms with E-state index in [0.29, 0.717) is 15.0 Å². The first-order chi connectivity index (χ1) is 6.68. The topological polar surface area (TPSA) is 55.6 Å². The van der Waals surface area contributed by atoms with Crippen molar-refractivity contribution >= 4 is 0 Å². The standard InChI is InChI=1S/C9H9N3O2/c1-10-4-2-3-8(7-10)9-11(13)5-6-12(9)14/h2-7H,1H3/q+1. The molecule has 0 atom stereocenters. The van der Waals surface area contributed by atoms with E-state index in [-0.39, 0.29) is 5.82 Å². The molecule has 5 nitrogen and oxygen atoms in total. The molecule has 0 unspecified atom stereocenters. The zero-order valence-electron chi connectivity index (χ0n) is 7.62. The van der Waals surface area contributed by atoms with Crippen LogP contribution in [-0.4, -0.2) is 4.73 Å². The first-order valence-corrected chi connectivity index (χ1v) is 4.12. The van der Waals surface area contributed by atoms with Crippen molar-refractivity contribution in [1.29, 1.82) is 0 Å². The van der Waals surface area contributed by atoms with E-state index in [4.69, 9.17) is 0 Å². The SMILES string of the molecule is C[n+]1cccc(-c2n([O])cc[n+]2[O-])c1. The predicted molar refractivity (Wildman–Crippen MR) is 46.1 cm³/mol. The third kappa shape index (κ3) is 1.28. The number of pyridine rings is 1. The third-order valence-corrected chi connectivity index (χ3v) is 1.95. The number of hydrogen-bond acceptors (Lipinski definition) is 1. The molecule has 0 aromatic carbocycles. The van der Waals surface area contributed by atoms with Gasteiger partial charge in [-0.1, -0.05) is 5.21 Å². The van der Waals surface area contributed by atoms with Crippen molar-refractivity contribution in [3.63, 3.8) is 0 Å². The Morgan fingerprint density at radius 1 is 1.43 bits per heavy atom. The van der Waals surface area contributed by atoms with Gasteiger partial charge in [-0.25, -0.2) is 9.30 Å². The number of aryl methyl sites for hydroxylation is 1. The van der Waals surface area contributed by atoms with Crippen LogP contribution in [0.2, 0.25) is 0 Å². The fourth-order valence-corrected chi connectivity index (χ4v) is 1.33. The number of hydrogen-bond donors (Lipinski definition) is 0. The first kappa shape index (κ1) is 8.55. The Kier molecular flexibility index (Phi) is 1.85. The number of rotatable bonds is 1. The summed E-state index contributed by atoms with van der Waals surface area (Å²) in [7, 11) is 1.83. The second-order valence-corrected chi connectivity index (χ2v) is 3.03. The van der Waals surface area contributed by atoms with Crippen LogP contribution in [-0.2, 0) is 12.3 Å². The number of aromatic nitrogens is 3. The van der Waals surface area contributed by atoms with Crippen LogP contribution in [0.4, 0.5) is 0 Å². The molecule has 2 aromatic heterocycles. The minimum atomic E-state index is 0.0983. The first-order valence-electron chi connectivity index (χ1n) is 4.12. The summed E-state index contributed by atoms with van der Waals surface area (Å²) in [5, 5.41) is 22.5.